The lowest BCUT2D eigenvalue weighted by atomic mass is 10.0. The van der Waals surface area contributed by atoms with Crippen LogP contribution in [0.5, 0.6) is 17.2 Å². The summed E-state index contributed by atoms with van der Waals surface area (Å²) in [6.07, 6.45) is 0.353. The standard InChI is InChI=1S/C29H33ClN2O5/c1-20(2)31-29(34)27(14-21-8-6-5-7-9-21)32(18-22-10-12-23(30)13-11-22)28(33)19-37-26-16-24(35-3)15-25(17-26)36-4/h5-13,15-17,20,27H,14,18-19H2,1-4H3,(H,31,34)/t27-/m0/s1. The van der Waals surface area contributed by atoms with Gasteiger partial charge in [0.15, 0.2) is 6.61 Å². The summed E-state index contributed by atoms with van der Waals surface area (Å²) < 4.78 is 16.4. The number of carbonyl (C=O) groups is 2. The van der Waals surface area contributed by atoms with E-state index in [1.54, 1.807) is 49.5 Å². The number of amides is 2. The SMILES string of the molecule is COc1cc(OC)cc(OCC(=O)N(Cc2ccc(Cl)cc2)[C@@H](Cc2ccccc2)C(=O)NC(C)C)c1. The van der Waals surface area contributed by atoms with Crippen LogP contribution in [0.1, 0.15) is 25.0 Å². The molecule has 0 aromatic heterocycles. The summed E-state index contributed by atoms with van der Waals surface area (Å²) in [5.74, 6) is 0.930. The zero-order valence-electron chi connectivity index (χ0n) is 21.6. The fourth-order valence-corrected chi connectivity index (χ4v) is 3.94. The minimum atomic E-state index is -0.753. The lowest BCUT2D eigenvalue weighted by molar-refractivity contribution is -0.143. The van der Waals surface area contributed by atoms with Crippen LogP contribution in [0.25, 0.3) is 0 Å². The second-order valence-electron chi connectivity index (χ2n) is 8.85. The maximum atomic E-state index is 13.7. The molecule has 0 radical (unpaired) electrons. The third kappa shape index (κ3) is 8.43. The van der Waals surface area contributed by atoms with E-state index in [4.69, 9.17) is 25.8 Å². The molecule has 0 heterocycles. The normalized spacial score (nSPS) is 11.5. The van der Waals surface area contributed by atoms with E-state index in [-0.39, 0.29) is 31.0 Å². The summed E-state index contributed by atoms with van der Waals surface area (Å²) in [4.78, 5) is 28.6. The fourth-order valence-electron chi connectivity index (χ4n) is 3.81. The van der Waals surface area contributed by atoms with Gasteiger partial charge >= 0.3 is 0 Å². The number of rotatable bonds is 12. The van der Waals surface area contributed by atoms with Crippen LogP contribution in [0.3, 0.4) is 0 Å². The van der Waals surface area contributed by atoms with Crippen LogP contribution < -0.4 is 19.5 Å². The smallest absolute Gasteiger partial charge is 0.261 e. The van der Waals surface area contributed by atoms with E-state index in [0.717, 1.165) is 11.1 Å². The molecule has 0 aliphatic rings. The molecule has 0 saturated heterocycles. The Hall–Kier alpha value is -3.71. The Bertz CT molecular complexity index is 1150. The highest BCUT2D eigenvalue weighted by Gasteiger charge is 2.31. The Balaban J connectivity index is 1.91. The van der Waals surface area contributed by atoms with E-state index in [0.29, 0.717) is 28.7 Å². The highest BCUT2D eigenvalue weighted by atomic mass is 35.5. The van der Waals surface area contributed by atoms with Crippen LogP contribution in [0, 0.1) is 0 Å². The quantitative estimate of drug-likeness (QED) is 0.364. The molecule has 196 valence electrons. The van der Waals surface area contributed by atoms with Crippen molar-refractivity contribution in [1.82, 2.24) is 10.2 Å². The number of carbonyl (C=O) groups excluding carboxylic acids is 2. The predicted octanol–water partition coefficient (Wildman–Crippen LogP) is 4.90. The first kappa shape index (κ1) is 27.9. The van der Waals surface area contributed by atoms with Crippen molar-refractivity contribution in [1.29, 1.82) is 0 Å². The second kappa shape index (κ2) is 13.6. The average molecular weight is 525 g/mol. The van der Waals surface area contributed by atoms with Crippen LogP contribution in [-0.4, -0.2) is 49.6 Å². The molecule has 0 aliphatic heterocycles. The molecule has 3 aromatic rings. The number of nitrogens with one attached hydrogen (secondary N) is 1. The molecule has 0 fully saturated rings. The summed E-state index contributed by atoms with van der Waals surface area (Å²) in [5.41, 5.74) is 1.79. The number of halogens is 1. The van der Waals surface area contributed by atoms with Crippen molar-refractivity contribution in [2.45, 2.75) is 38.9 Å². The first-order chi connectivity index (χ1) is 17.8. The van der Waals surface area contributed by atoms with Gasteiger partial charge in [0.1, 0.15) is 23.3 Å². The van der Waals surface area contributed by atoms with Crippen molar-refractivity contribution in [2.75, 3.05) is 20.8 Å². The van der Waals surface area contributed by atoms with Crippen molar-refractivity contribution in [2.24, 2.45) is 0 Å². The number of nitrogens with zero attached hydrogens (tertiary/aromatic N) is 1. The van der Waals surface area contributed by atoms with E-state index in [9.17, 15) is 9.59 Å². The van der Waals surface area contributed by atoms with E-state index >= 15 is 0 Å². The topological polar surface area (TPSA) is 77.1 Å². The molecule has 37 heavy (non-hydrogen) atoms. The monoisotopic (exact) mass is 524 g/mol. The van der Waals surface area contributed by atoms with Crippen LogP contribution in [-0.2, 0) is 22.6 Å². The van der Waals surface area contributed by atoms with Gasteiger partial charge < -0.3 is 24.4 Å². The fraction of sp³-hybridized carbons (Fsp3) is 0.310. The van der Waals surface area contributed by atoms with E-state index in [1.807, 2.05) is 56.3 Å². The van der Waals surface area contributed by atoms with Gasteiger partial charge in [-0.1, -0.05) is 54.1 Å². The third-order valence-electron chi connectivity index (χ3n) is 5.66. The Morgan fingerprint density at radius 2 is 1.46 bits per heavy atom. The molecule has 3 aromatic carbocycles. The Kier molecular flexibility index (Phi) is 10.2. The maximum absolute atomic E-state index is 13.7. The Morgan fingerprint density at radius 3 is 2.03 bits per heavy atom. The van der Waals surface area contributed by atoms with Gasteiger partial charge in [-0.3, -0.25) is 9.59 Å². The van der Waals surface area contributed by atoms with Gasteiger partial charge in [0.05, 0.1) is 14.2 Å². The molecule has 0 unspecified atom stereocenters. The number of hydrogen-bond donors (Lipinski definition) is 1. The zero-order valence-corrected chi connectivity index (χ0v) is 22.3. The molecule has 0 spiro atoms. The molecule has 8 heteroatoms. The first-order valence-corrected chi connectivity index (χ1v) is 12.4. The molecule has 0 saturated carbocycles. The largest absolute Gasteiger partial charge is 0.496 e. The number of ether oxygens (including phenoxy) is 3. The number of methoxy groups -OCH3 is 2. The summed E-state index contributed by atoms with van der Waals surface area (Å²) >= 11 is 6.07. The molecule has 1 N–H and O–H groups in total. The summed E-state index contributed by atoms with van der Waals surface area (Å²) in [6, 6.07) is 21.1. The van der Waals surface area contributed by atoms with Crippen molar-refractivity contribution in [3.05, 3.63) is 88.9 Å². The molecule has 3 rings (SSSR count). The van der Waals surface area contributed by atoms with E-state index in [2.05, 4.69) is 5.32 Å². The van der Waals surface area contributed by atoms with Gasteiger partial charge in [0, 0.05) is 42.2 Å². The Morgan fingerprint density at radius 1 is 0.865 bits per heavy atom. The van der Waals surface area contributed by atoms with Crippen LogP contribution >= 0.6 is 11.6 Å². The van der Waals surface area contributed by atoms with Gasteiger partial charge in [-0.05, 0) is 37.1 Å². The molecule has 7 nitrogen and oxygen atoms in total. The van der Waals surface area contributed by atoms with Crippen molar-refractivity contribution in [3.63, 3.8) is 0 Å². The summed E-state index contributed by atoms with van der Waals surface area (Å²) in [6.45, 7) is 3.72. The second-order valence-corrected chi connectivity index (χ2v) is 9.29. The Labute approximate surface area is 223 Å². The number of hydrogen-bond acceptors (Lipinski definition) is 5. The first-order valence-electron chi connectivity index (χ1n) is 12.0. The zero-order chi connectivity index (χ0) is 26.8. The molecular weight excluding hydrogens is 492 g/mol. The van der Waals surface area contributed by atoms with Gasteiger partial charge in [0.25, 0.3) is 5.91 Å². The van der Waals surface area contributed by atoms with Crippen molar-refractivity contribution < 1.29 is 23.8 Å². The number of benzene rings is 3. The summed E-state index contributed by atoms with van der Waals surface area (Å²) in [5, 5.41) is 3.56. The summed E-state index contributed by atoms with van der Waals surface area (Å²) in [7, 11) is 3.08. The van der Waals surface area contributed by atoms with Gasteiger partial charge in [-0.15, -0.1) is 0 Å². The average Bonchev–Trinajstić information content (AvgIpc) is 2.90. The predicted molar refractivity (Wildman–Crippen MR) is 144 cm³/mol. The van der Waals surface area contributed by atoms with Gasteiger partial charge in [0.2, 0.25) is 5.91 Å². The molecule has 1 atom stereocenters. The highest BCUT2D eigenvalue weighted by Crippen LogP contribution is 2.27. The van der Waals surface area contributed by atoms with E-state index in [1.165, 1.54) is 0 Å². The van der Waals surface area contributed by atoms with Gasteiger partial charge in [-0.25, -0.2) is 0 Å². The molecule has 0 bridgehead atoms. The van der Waals surface area contributed by atoms with Crippen LogP contribution in [0.15, 0.2) is 72.8 Å². The minimum Gasteiger partial charge on any atom is -0.496 e. The van der Waals surface area contributed by atoms with Gasteiger partial charge in [-0.2, -0.15) is 0 Å². The molecule has 0 aliphatic carbocycles. The lowest BCUT2D eigenvalue weighted by Crippen LogP contribution is -2.52. The maximum Gasteiger partial charge on any atom is 0.261 e. The molecular formula is C29H33ClN2O5. The third-order valence-corrected chi connectivity index (χ3v) is 5.91. The van der Waals surface area contributed by atoms with Crippen LogP contribution in [0.2, 0.25) is 5.02 Å². The van der Waals surface area contributed by atoms with E-state index < -0.39 is 6.04 Å². The van der Waals surface area contributed by atoms with Crippen molar-refractivity contribution in [3.8, 4) is 17.2 Å². The van der Waals surface area contributed by atoms with Crippen LogP contribution in [0.4, 0.5) is 0 Å². The van der Waals surface area contributed by atoms with Crippen molar-refractivity contribution >= 4 is 23.4 Å². The minimum absolute atomic E-state index is 0.0845. The molecule has 2 amide bonds. The highest BCUT2D eigenvalue weighted by molar-refractivity contribution is 6.30. The lowest BCUT2D eigenvalue weighted by Gasteiger charge is -2.32.